The molecule has 0 aromatic carbocycles. The van der Waals surface area contributed by atoms with E-state index in [1.165, 1.54) is 0 Å². The van der Waals surface area contributed by atoms with Crippen LogP contribution < -0.4 is 10.6 Å². The van der Waals surface area contributed by atoms with E-state index in [1.807, 2.05) is 19.9 Å². The predicted octanol–water partition coefficient (Wildman–Crippen LogP) is 2.86. The molecule has 0 spiro atoms. The summed E-state index contributed by atoms with van der Waals surface area (Å²) in [6, 6.07) is 3.09. The molecule has 0 aliphatic heterocycles. The SMILES string of the molecule is CC1CCC(C(=O)NC(C(=O)NCc2ccco2)C(C)C)CC1. The normalized spacial score (nSPS) is 22.6. The Kier molecular flexibility index (Phi) is 6.25. The first-order chi connectivity index (χ1) is 11.0. The largest absolute Gasteiger partial charge is 0.467 e. The average Bonchev–Trinajstić information content (AvgIpc) is 3.03. The van der Waals surface area contributed by atoms with Gasteiger partial charge in [-0.05, 0) is 49.7 Å². The molecule has 1 aromatic heterocycles. The van der Waals surface area contributed by atoms with Crippen molar-refractivity contribution in [3.8, 4) is 0 Å². The van der Waals surface area contributed by atoms with Crippen LogP contribution in [0, 0.1) is 17.8 Å². The van der Waals surface area contributed by atoms with Gasteiger partial charge in [0.2, 0.25) is 11.8 Å². The van der Waals surface area contributed by atoms with Gasteiger partial charge in [-0.15, -0.1) is 0 Å². The fraction of sp³-hybridized carbons (Fsp3) is 0.667. The van der Waals surface area contributed by atoms with Crippen molar-refractivity contribution < 1.29 is 14.0 Å². The summed E-state index contributed by atoms with van der Waals surface area (Å²) in [4.78, 5) is 24.8. The third-order valence-corrected chi connectivity index (χ3v) is 4.65. The highest BCUT2D eigenvalue weighted by molar-refractivity contribution is 5.88. The highest BCUT2D eigenvalue weighted by atomic mass is 16.3. The van der Waals surface area contributed by atoms with Gasteiger partial charge in [0.15, 0.2) is 0 Å². The number of hydrogen-bond donors (Lipinski definition) is 2. The maximum atomic E-state index is 12.4. The monoisotopic (exact) mass is 320 g/mol. The molecule has 5 heteroatoms. The topological polar surface area (TPSA) is 71.3 Å². The Morgan fingerprint density at radius 1 is 1.26 bits per heavy atom. The molecule has 23 heavy (non-hydrogen) atoms. The minimum absolute atomic E-state index is 0.0174. The lowest BCUT2D eigenvalue weighted by atomic mass is 9.82. The summed E-state index contributed by atoms with van der Waals surface area (Å²) in [7, 11) is 0. The zero-order chi connectivity index (χ0) is 16.8. The fourth-order valence-corrected chi connectivity index (χ4v) is 3.03. The zero-order valence-corrected chi connectivity index (χ0v) is 14.3. The first-order valence-corrected chi connectivity index (χ1v) is 8.57. The Bertz CT molecular complexity index is 502. The predicted molar refractivity (Wildman–Crippen MR) is 88.4 cm³/mol. The summed E-state index contributed by atoms with van der Waals surface area (Å²) in [6.07, 6.45) is 5.61. The van der Waals surface area contributed by atoms with Crippen molar-refractivity contribution in [3.05, 3.63) is 24.2 Å². The Morgan fingerprint density at radius 3 is 2.52 bits per heavy atom. The first kappa shape index (κ1) is 17.6. The number of amides is 2. The van der Waals surface area contributed by atoms with Crippen molar-refractivity contribution in [2.24, 2.45) is 17.8 Å². The number of carbonyl (C=O) groups is 2. The fourth-order valence-electron chi connectivity index (χ4n) is 3.03. The van der Waals surface area contributed by atoms with Gasteiger partial charge in [-0.3, -0.25) is 9.59 Å². The van der Waals surface area contributed by atoms with Crippen molar-refractivity contribution in [1.29, 1.82) is 0 Å². The Hall–Kier alpha value is -1.78. The number of hydrogen-bond acceptors (Lipinski definition) is 3. The van der Waals surface area contributed by atoms with Crippen LogP contribution in [0.15, 0.2) is 22.8 Å². The van der Waals surface area contributed by atoms with Crippen LogP contribution in [0.3, 0.4) is 0 Å². The van der Waals surface area contributed by atoms with Crippen LogP contribution in [0.2, 0.25) is 0 Å². The molecular formula is C18H28N2O3. The maximum Gasteiger partial charge on any atom is 0.243 e. The molecular weight excluding hydrogens is 292 g/mol. The van der Waals surface area contributed by atoms with Gasteiger partial charge in [0.25, 0.3) is 0 Å². The van der Waals surface area contributed by atoms with Gasteiger partial charge in [0, 0.05) is 5.92 Å². The van der Waals surface area contributed by atoms with E-state index in [4.69, 9.17) is 4.42 Å². The molecule has 1 heterocycles. The number of nitrogens with one attached hydrogen (secondary N) is 2. The number of furan rings is 1. The van der Waals surface area contributed by atoms with E-state index in [0.29, 0.717) is 18.2 Å². The van der Waals surface area contributed by atoms with Crippen LogP contribution in [0.1, 0.15) is 52.2 Å². The maximum absolute atomic E-state index is 12.4. The van der Waals surface area contributed by atoms with E-state index in [-0.39, 0.29) is 23.7 Å². The van der Waals surface area contributed by atoms with E-state index in [9.17, 15) is 9.59 Å². The molecule has 1 aliphatic rings. The van der Waals surface area contributed by atoms with Crippen LogP contribution in [0.25, 0.3) is 0 Å². The molecule has 1 aromatic rings. The minimum atomic E-state index is -0.503. The van der Waals surface area contributed by atoms with Crippen LogP contribution in [0.4, 0.5) is 0 Å². The van der Waals surface area contributed by atoms with E-state index in [0.717, 1.165) is 25.7 Å². The minimum Gasteiger partial charge on any atom is -0.467 e. The van der Waals surface area contributed by atoms with Crippen molar-refractivity contribution in [3.63, 3.8) is 0 Å². The van der Waals surface area contributed by atoms with Crippen LogP contribution in [-0.2, 0) is 16.1 Å². The van der Waals surface area contributed by atoms with E-state index >= 15 is 0 Å². The summed E-state index contributed by atoms with van der Waals surface area (Å²) in [6.45, 7) is 6.46. The van der Waals surface area contributed by atoms with E-state index in [1.54, 1.807) is 12.3 Å². The lowest BCUT2D eigenvalue weighted by Gasteiger charge is -2.28. The van der Waals surface area contributed by atoms with Crippen LogP contribution in [0.5, 0.6) is 0 Å². The van der Waals surface area contributed by atoms with Gasteiger partial charge in [0.1, 0.15) is 11.8 Å². The highest BCUT2D eigenvalue weighted by Crippen LogP contribution is 2.28. The second-order valence-electron chi connectivity index (χ2n) is 6.98. The third-order valence-electron chi connectivity index (χ3n) is 4.65. The molecule has 1 aliphatic carbocycles. The van der Waals surface area contributed by atoms with Crippen molar-refractivity contribution in [2.75, 3.05) is 0 Å². The molecule has 2 rings (SSSR count). The molecule has 0 bridgehead atoms. The van der Waals surface area contributed by atoms with Crippen molar-refractivity contribution in [2.45, 2.75) is 59.0 Å². The van der Waals surface area contributed by atoms with E-state index < -0.39 is 6.04 Å². The lowest BCUT2D eigenvalue weighted by Crippen LogP contribution is -2.51. The summed E-state index contributed by atoms with van der Waals surface area (Å²) < 4.78 is 5.21. The number of rotatable bonds is 6. The third kappa shape index (κ3) is 5.12. The van der Waals surface area contributed by atoms with E-state index in [2.05, 4.69) is 17.6 Å². The molecule has 1 atom stereocenters. The van der Waals surface area contributed by atoms with Gasteiger partial charge in [0.05, 0.1) is 12.8 Å². The molecule has 2 N–H and O–H groups in total. The average molecular weight is 320 g/mol. The quantitative estimate of drug-likeness (QED) is 0.846. The van der Waals surface area contributed by atoms with Crippen LogP contribution in [-0.4, -0.2) is 17.9 Å². The molecule has 1 unspecified atom stereocenters. The Labute approximate surface area is 138 Å². The first-order valence-electron chi connectivity index (χ1n) is 8.57. The summed E-state index contributed by atoms with van der Waals surface area (Å²) >= 11 is 0. The second-order valence-corrected chi connectivity index (χ2v) is 6.98. The second kappa shape index (κ2) is 8.18. The summed E-state index contributed by atoms with van der Waals surface area (Å²) in [5.41, 5.74) is 0. The zero-order valence-electron chi connectivity index (χ0n) is 14.3. The van der Waals surface area contributed by atoms with Crippen molar-refractivity contribution in [1.82, 2.24) is 10.6 Å². The molecule has 0 saturated heterocycles. The molecule has 128 valence electrons. The van der Waals surface area contributed by atoms with Gasteiger partial charge in [-0.25, -0.2) is 0 Å². The van der Waals surface area contributed by atoms with Gasteiger partial charge >= 0.3 is 0 Å². The highest BCUT2D eigenvalue weighted by Gasteiger charge is 2.29. The number of carbonyl (C=O) groups excluding carboxylic acids is 2. The summed E-state index contributed by atoms with van der Waals surface area (Å²) in [5, 5.41) is 5.78. The lowest BCUT2D eigenvalue weighted by molar-refractivity contribution is -0.133. The Balaban J connectivity index is 1.87. The Morgan fingerprint density at radius 2 is 1.96 bits per heavy atom. The van der Waals surface area contributed by atoms with Gasteiger partial charge < -0.3 is 15.1 Å². The molecule has 2 amide bonds. The smallest absolute Gasteiger partial charge is 0.243 e. The molecule has 1 saturated carbocycles. The molecule has 5 nitrogen and oxygen atoms in total. The van der Waals surface area contributed by atoms with Crippen LogP contribution >= 0.6 is 0 Å². The molecule has 0 radical (unpaired) electrons. The standard InChI is InChI=1S/C18H28N2O3/c1-12(2)16(18(22)19-11-15-5-4-10-23-15)20-17(21)14-8-6-13(3)7-9-14/h4-5,10,12-14,16H,6-9,11H2,1-3H3,(H,19,22)(H,20,21). The van der Waals surface area contributed by atoms with Crippen molar-refractivity contribution >= 4 is 11.8 Å². The molecule has 1 fully saturated rings. The van der Waals surface area contributed by atoms with Gasteiger partial charge in [-0.1, -0.05) is 20.8 Å². The van der Waals surface area contributed by atoms with Gasteiger partial charge in [-0.2, -0.15) is 0 Å². The summed E-state index contributed by atoms with van der Waals surface area (Å²) in [5.74, 6) is 1.35.